The van der Waals surface area contributed by atoms with E-state index >= 15 is 0 Å². The normalized spacial score (nSPS) is 13.0. The summed E-state index contributed by atoms with van der Waals surface area (Å²) in [6, 6.07) is 19.3. The third kappa shape index (κ3) is 3.90. The molecule has 1 aromatic heterocycles. The van der Waals surface area contributed by atoms with E-state index in [-0.39, 0.29) is 11.8 Å². The van der Waals surface area contributed by atoms with Gasteiger partial charge in [-0.15, -0.1) is 0 Å². The number of hydrogen-bond donors (Lipinski definition) is 1. The number of fused-ring (bicyclic) bond motifs is 1. The Bertz CT molecular complexity index is 1080. The minimum absolute atomic E-state index is 0.0444. The molecule has 4 rings (SSSR count). The van der Waals surface area contributed by atoms with Crippen LogP contribution in [0.15, 0.2) is 60.7 Å². The zero-order valence-corrected chi connectivity index (χ0v) is 16.6. The average molecular weight is 385 g/mol. The van der Waals surface area contributed by atoms with Crippen LogP contribution >= 0.6 is 0 Å². The van der Waals surface area contributed by atoms with Crippen LogP contribution < -0.4 is 10.2 Å². The van der Waals surface area contributed by atoms with Gasteiger partial charge in [-0.05, 0) is 55.7 Å². The maximum Gasteiger partial charge on any atom is 0.257 e. The number of nitrogens with zero attached hydrogens (tertiary/aromatic N) is 2. The van der Waals surface area contributed by atoms with Crippen molar-refractivity contribution in [3.05, 3.63) is 77.5 Å². The highest BCUT2D eigenvalue weighted by atomic mass is 16.2. The molecule has 29 heavy (non-hydrogen) atoms. The Morgan fingerprint density at radius 3 is 2.55 bits per heavy atom. The fraction of sp³-hybridized carbons (Fsp3) is 0.208. The Morgan fingerprint density at radius 1 is 1.03 bits per heavy atom. The van der Waals surface area contributed by atoms with Gasteiger partial charge >= 0.3 is 0 Å². The molecule has 146 valence electrons. The third-order valence-electron chi connectivity index (χ3n) is 5.24. The van der Waals surface area contributed by atoms with Crippen LogP contribution in [-0.2, 0) is 11.2 Å². The van der Waals surface area contributed by atoms with Crippen molar-refractivity contribution in [2.75, 3.05) is 16.8 Å². The number of benzene rings is 2. The van der Waals surface area contributed by atoms with Crippen LogP contribution in [0.2, 0.25) is 0 Å². The van der Waals surface area contributed by atoms with E-state index in [1.807, 2.05) is 67.6 Å². The summed E-state index contributed by atoms with van der Waals surface area (Å²) >= 11 is 0. The number of carbonyl (C=O) groups excluding carboxylic acids is 2. The summed E-state index contributed by atoms with van der Waals surface area (Å²) in [4.78, 5) is 31.0. The lowest BCUT2D eigenvalue weighted by atomic mass is 10.0. The number of hydrogen-bond acceptors (Lipinski definition) is 3. The summed E-state index contributed by atoms with van der Waals surface area (Å²) in [5, 5.41) is 2.97. The van der Waals surface area contributed by atoms with E-state index in [0.717, 1.165) is 47.6 Å². The molecule has 0 aliphatic carbocycles. The molecule has 0 atom stereocenters. The monoisotopic (exact) mass is 385 g/mol. The number of pyridine rings is 1. The van der Waals surface area contributed by atoms with E-state index in [9.17, 15) is 9.59 Å². The fourth-order valence-electron chi connectivity index (χ4n) is 3.77. The topological polar surface area (TPSA) is 62.3 Å². The van der Waals surface area contributed by atoms with Gasteiger partial charge in [-0.25, -0.2) is 0 Å². The maximum atomic E-state index is 12.8. The van der Waals surface area contributed by atoms with Crippen molar-refractivity contribution in [1.29, 1.82) is 0 Å². The largest absolute Gasteiger partial charge is 0.322 e. The second kappa shape index (κ2) is 7.87. The lowest BCUT2D eigenvalue weighted by Gasteiger charge is -2.29. The molecule has 0 saturated heterocycles. The van der Waals surface area contributed by atoms with E-state index < -0.39 is 0 Å². The van der Waals surface area contributed by atoms with Crippen LogP contribution in [0.1, 0.15) is 35.0 Å². The summed E-state index contributed by atoms with van der Waals surface area (Å²) < 4.78 is 0. The fourth-order valence-corrected chi connectivity index (χ4v) is 3.77. The Morgan fingerprint density at radius 2 is 1.83 bits per heavy atom. The van der Waals surface area contributed by atoms with E-state index in [1.54, 1.807) is 11.8 Å². The predicted molar refractivity (Wildman–Crippen MR) is 115 cm³/mol. The molecule has 0 fully saturated rings. The number of aryl methyl sites for hydroxylation is 2. The van der Waals surface area contributed by atoms with Crippen molar-refractivity contribution in [3.8, 4) is 11.3 Å². The SMILES string of the molecule is CC(=O)N1CCCc2cc(NC(=O)c3ccc(-c4ccccc4)nc3C)ccc21. The van der Waals surface area contributed by atoms with Crippen LogP contribution in [0.4, 0.5) is 11.4 Å². The van der Waals surface area contributed by atoms with E-state index in [1.165, 1.54) is 0 Å². The Labute approximate surface area is 170 Å². The Hall–Kier alpha value is -3.47. The van der Waals surface area contributed by atoms with Crippen molar-refractivity contribution in [2.45, 2.75) is 26.7 Å². The number of carbonyl (C=O) groups is 2. The van der Waals surface area contributed by atoms with Crippen molar-refractivity contribution >= 4 is 23.2 Å². The number of nitrogens with one attached hydrogen (secondary N) is 1. The summed E-state index contributed by atoms with van der Waals surface area (Å²) in [5.41, 5.74) is 5.85. The minimum atomic E-state index is -0.186. The molecule has 2 aromatic carbocycles. The zero-order valence-electron chi connectivity index (χ0n) is 16.6. The van der Waals surface area contributed by atoms with Crippen LogP contribution in [0.5, 0.6) is 0 Å². The third-order valence-corrected chi connectivity index (χ3v) is 5.24. The molecule has 0 saturated carbocycles. The number of amides is 2. The maximum absolute atomic E-state index is 12.8. The van der Waals surface area contributed by atoms with Gasteiger partial charge in [0.1, 0.15) is 0 Å². The molecule has 1 aliphatic rings. The first-order chi connectivity index (χ1) is 14.0. The molecule has 0 radical (unpaired) electrons. The van der Waals surface area contributed by atoms with Gasteiger partial charge in [0.05, 0.1) is 17.0 Å². The Kier molecular flexibility index (Phi) is 5.12. The van der Waals surface area contributed by atoms with Gasteiger partial charge < -0.3 is 10.2 Å². The molecule has 5 nitrogen and oxygen atoms in total. The first-order valence-corrected chi connectivity index (χ1v) is 9.78. The van der Waals surface area contributed by atoms with Crippen LogP contribution in [0, 0.1) is 6.92 Å². The van der Waals surface area contributed by atoms with Crippen molar-refractivity contribution < 1.29 is 9.59 Å². The molecule has 3 aromatic rings. The van der Waals surface area contributed by atoms with Gasteiger partial charge in [0.15, 0.2) is 0 Å². The van der Waals surface area contributed by atoms with Gasteiger partial charge in [0, 0.05) is 30.4 Å². The summed E-state index contributed by atoms with van der Waals surface area (Å²) in [7, 11) is 0. The van der Waals surface area contributed by atoms with E-state index in [0.29, 0.717) is 11.3 Å². The molecular weight excluding hydrogens is 362 g/mol. The summed E-state index contributed by atoms with van der Waals surface area (Å²) in [6.07, 6.45) is 1.82. The van der Waals surface area contributed by atoms with Crippen LogP contribution in [-0.4, -0.2) is 23.3 Å². The van der Waals surface area contributed by atoms with Gasteiger partial charge in [0.2, 0.25) is 5.91 Å². The lowest BCUT2D eigenvalue weighted by molar-refractivity contribution is -0.116. The molecule has 0 bridgehead atoms. The summed E-state index contributed by atoms with van der Waals surface area (Å²) in [5.74, 6) is -0.142. The van der Waals surface area contributed by atoms with Gasteiger partial charge in [-0.3, -0.25) is 14.6 Å². The molecule has 5 heteroatoms. The quantitative estimate of drug-likeness (QED) is 0.716. The van der Waals surface area contributed by atoms with Gasteiger partial charge in [0.25, 0.3) is 5.91 Å². The lowest BCUT2D eigenvalue weighted by Crippen LogP contribution is -2.33. The van der Waals surface area contributed by atoms with E-state index in [4.69, 9.17) is 0 Å². The molecule has 0 unspecified atom stereocenters. The molecule has 1 N–H and O–H groups in total. The highest BCUT2D eigenvalue weighted by molar-refractivity contribution is 6.05. The highest BCUT2D eigenvalue weighted by Gasteiger charge is 2.20. The minimum Gasteiger partial charge on any atom is -0.322 e. The first-order valence-electron chi connectivity index (χ1n) is 9.78. The second-order valence-corrected chi connectivity index (χ2v) is 7.27. The molecule has 0 spiro atoms. The number of anilines is 2. The number of rotatable bonds is 3. The standard InChI is InChI=1S/C24H23N3O2/c1-16-21(11-12-22(25-16)18-7-4-3-5-8-18)24(29)26-20-10-13-23-19(15-20)9-6-14-27(23)17(2)28/h3-5,7-8,10-13,15H,6,9,14H2,1-2H3,(H,26,29). The van der Waals surface area contributed by atoms with Gasteiger partial charge in [-0.1, -0.05) is 30.3 Å². The predicted octanol–water partition coefficient (Wildman–Crippen LogP) is 4.61. The van der Waals surface area contributed by atoms with Gasteiger partial charge in [-0.2, -0.15) is 0 Å². The molecule has 2 heterocycles. The zero-order chi connectivity index (χ0) is 20.4. The van der Waals surface area contributed by atoms with E-state index in [2.05, 4.69) is 10.3 Å². The molecule has 2 amide bonds. The van der Waals surface area contributed by atoms with Crippen molar-refractivity contribution in [3.63, 3.8) is 0 Å². The number of aromatic nitrogens is 1. The Balaban J connectivity index is 1.55. The second-order valence-electron chi connectivity index (χ2n) is 7.27. The van der Waals surface area contributed by atoms with Crippen molar-refractivity contribution in [2.24, 2.45) is 0 Å². The molecule has 1 aliphatic heterocycles. The average Bonchev–Trinajstić information content (AvgIpc) is 2.73. The molecular formula is C24H23N3O2. The van der Waals surface area contributed by atoms with Crippen LogP contribution in [0.25, 0.3) is 11.3 Å². The van der Waals surface area contributed by atoms with Crippen LogP contribution in [0.3, 0.4) is 0 Å². The first kappa shape index (κ1) is 18.9. The highest BCUT2D eigenvalue weighted by Crippen LogP contribution is 2.30. The van der Waals surface area contributed by atoms with Crippen molar-refractivity contribution in [1.82, 2.24) is 4.98 Å². The smallest absolute Gasteiger partial charge is 0.257 e. The summed E-state index contributed by atoms with van der Waals surface area (Å²) in [6.45, 7) is 4.17.